The van der Waals surface area contributed by atoms with Gasteiger partial charge >= 0.3 is 0 Å². The van der Waals surface area contributed by atoms with E-state index >= 15 is 0 Å². The quantitative estimate of drug-likeness (QED) is 0.768. The number of anilines is 1. The summed E-state index contributed by atoms with van der Waals surface area (Å²) in [4.78, 5) is 0. The van der Waals surface area contributed by atoms with Gasteiger partial charge in [-0.25, -0.2) is 0 Å². The highest BCUT2D eigenvalue weighted by molar-refractivity contribution is 9.10. The number of halogens is 1. The van der Waals surface area contributed by atoms with E-state index in [4.69, 9.17) is 4.74 Å². The molecule has 2 aromatic rings. The number of phenolic OH excluding ortho intramolecular Hbond substituents is 1. The Labute approximate surface area is 138 Å². The summed E-state index contributed by atoms with van der Waals surface area (Å²) in [6, 6.07) is 14.0. The molecule has 0 amide bonds. The van der Waals surface area contributed by atoms with Crippen LogP contribution in [0, 0.1) is 5.92 Å². The smallest absolute Gasteiger partial charge is 0.115 e. The molecule has 0 unspecified atom stereocenters. The van der Waals surface area contributed by atoms with E-state index in [1.54, 1.807) is 6.07 Å². The summed E-state index contributed by atoms with van der Waals surface area (Å²) in [5, 5.41) is 13.5. The molecule has 0 aromatic heterocycles. The largest absolute Gasteiger partial charge is 0.508 e. The molecule has 2 aromatic carbocycles. The summed E-state index contributed by atoms with van der Waals surface area (Å²) < 4.78 is 7.20. The zero-order valence-electron chi connectivity index (χ0n) is 12.1. The Kier molecular flexibility index (Phi) is 3.59. The van der Waals surface area contributed by atoms with Gasteiger partial charge in [0.1, 0.15) is 5.75 Å². The summed E-state index contributed by atoms with van der Waals surface area (Å²) >= 11 is 3.56. The molecule has 2 heterocycles. The third-order valence-corrected chi connectivity index (χ3v) is 5.15. The van der Waals surface area contributed by atoms with E-state index in [1.165, 1.54) is 5.56 Å². The second-order valence-corrected chi connectivity index (χ2v) is 6.96. The van der Waals surface area contributed by atoms with Gasteiger partial charge in [-0.15, -0.1) is 0 Å². The van der Waals surface area contributed by atoms with Crippen molar-refractivity contribution in [1.29, 1.82) is 0 Å². The first-order chi connectivity index (χ1) is 10.7. The van der Waals surface area contributed by atoms with Gasteiger partial charge in [-0.3, -0.25) is 0 Å². The maximum absolute atomic E-state index is 9.81. The second kappa shape index (κ2) is 5.60. The third-order valence-electron chi connectivity index (χ3n) is 4.66. The highest BCUT2D eigenvalue weighted by Crippen LogP contribution is 2.49. The molecule has 3 nitrogen and oxygen atoms in total. The fourth-order valence-corrected chi connectivity index (χ4v) is 4.07. The molecule has 4 heteroatoms. The Balaban J connectivity index is 1.79. The predicted octanol–water partition coefficient (Wildman–Crippen LogP) is 4.79. The number of nitrogens with one attached hydrogen (secondary N) is 1. The van der Waals surface area contributed by atoms with Gasteiger partial charge in [-0.2, -0.15) is 0 Å². The van der Waals surface area contributed by atoms with Crippen molar-refractivity contribution in [2.45, 2.75) is 25.0 Å². The summed E-state index contributed by atoms with van der Waals surface area (Å²) in [6.45, 7) is 0.819. The number of rotatable bonds is 1. The Hall–Kier alpha value is -1.52. The van der Waals surface area contributed by atoms with Crippen LogP contribution in [0.15, 0.2) is 46.9 Å². The summed E-state index contributed by atoms with van der Waals surface area (Å²) in [5.74, 6) is 0.700. The Morgan fingerprint density at radius 3 is 2.95 bits per heavy atom. The van der Waals surface area contributed by atoms with Crippen LogP contribution in [0.25, 0.3) is 0 Å². The monoisotopic (exact) mass is 359 g/mol. The van der Waals surface area contributed by atoms with Crippen molar-refractivity contribution in [3.8, 4) is 5.75 Å². The molecule has 0 spiro atoms. The maximum atomic E-state index is 9.81. The lowest BCUT2D eigenvalue weighted by Crippen LogP contribution is -2.35. The molecule has 1 saturated heterocycles. The molecule has 22 heavy (non-hydrogen) atoms. The Bertz CT molecular complexity index is 703. The summed E-state index contributed by atoms with van der Waals surface area (Å²) in [7, 11) is 0. The molecule has 0 bridgehead atoms. The van der Waals surface area contributed by atoms with Crippen LogP contribution in [0.2, 0.25) is 0 Å². The van der Waals surface area contributed by atoms with Crippen molar-refractivity contribution in [3.63, 3.8) is 0 Å². The van der Waals surface area contributed by atoms with E-state index in [0.29, 0.717) is 11.7 Å². The topological polar surface area (TPSA) is 41.5 Å². The van der Waals surface area contributed by atoms with E-state index in [9.17, 15) is 5.11 Å². The van der Waals surface area contributed by atoms with Gasteiger partial charge in [0.25, 0.3) is 0 Å². The van der Waals surface area contributed by atoms with Gasteiger partial charge in [0, 0.05) is 28.2 Å². The van der Waals surface area contributed by atoms with Crippen LogP contribution >= 0.6 is 15.9 Å². The zero-order chi connectivity index (χ0) is 15.1. The van der Waals surface area contributed by atoms with E-state index in [-0.39, 0.29) is 12.1 Å². The first-order valence-electron chi connectivity index (χ1n) is 7.69. The fourth-order valence-electron chi connectivity index (χ4n) is 3.69. The Morgan fingerprint density at radius 2 is 2.09 bits per heavy atom. The van der Waals surface area contributed by atoms with Crippen LogP contribution in [0.1, 0.15) is 36.1 Å². The molecule has 1 fully saturated rings. The summed E-state index contributed by atoms with van der Waals surface area (Å²) in [6.07, 6.45) is 2.33. The minimum Gasteiger partial charge on any atom is -0.508 e. The van der Waals surface area contributed by atoms with E-state index in [2.05, 4.69) is 45.5 Å². The molecule has 2 N–H and O–H groups in total. The van der Waals surface area contributed by atoms with Crippen LogP contribution in [0.3, 0.4) is 0 Å². The number of ether oxygens (including phenoxy) is 1. The number of fused-ring (bicyclic) bond motifs is 3. The molecule has 0 saturated carbocycles. The first-order valence-corrected chi connectivity index (χ1v) is 8.48. The van der Waals surface area contributed by atoms with Gasteiger partial charge in [0.2, 0.25) is 0 Å². The minimum absolute atomic E-state index is 0.120. The van der Waals surface area contributed by atoms with Crippen LogP contribution in [0.5, 0.6) is 5.75 Å². The average molecular weight is 360 g/mol. The molecule has 0 aliphatic carbocycles. The number of hydrogen-bond acceptors (Lipinski definition) is 3. The van der Waals surface area contributed by atoms with Crippen molar-refractivity contribution in [2.24, 2.45) is 5.92 Å². The zero-order valence-corrected chi connectivity index (χ0v) is 13.7. The van der Waals surface area contributed by atoms with Gasteiger partial charge in [0.05, 0.1) is 12.1 Å². The second-order valence-electron chi connectivity index (χ2n) is 6.05. The van der Waals surface area contributed by atoms with Crippen LogP contribution in [-0.2, 0) is 4.74 Å². The number of aromatic hydroxyl groups is 1. The van der Waals surface area contributed by atoms with Gasteiger partial charge < -0.3 is 15.2 Å². The standard InChI is InChI=1S/C18H18BrNO2/c19-12-6-7-16-15(10-12)18-14(5-2-8-22-18)17(20-16)11-3-1-4-13(21)9-11/h1,3-4,6-7,9-10,14,17-18,20-21H,2,5,8H2/t14-,17+,18-/m0/s1. The lowest BCUT2D eigenvalue weighted by Gasteiger charge is -2.43. The molecular weight excluding hydrogens is 342 g/mol. The highest BCUT2D eigenvalue weighted by atomic mass is 79.9. The predicted molar refractivity (Wildman–Crippen MR) is 90.0 cm³/mol. The summed E-state index contributed by atoms with van der Waals surface area (Å²) in [5.41, 5.74) is 3.48. The van der Waals surface area contributed by atoms with Crippen LogP contribution in [-0.4, -0.2) is 11.7 Å². The molecule has 114 valence electrons. The number of phenols is 1. The van der Waals surface area contributed by atoms with Crippen molar-refractivity contribution in [2.75, 3.05) is 11.9 Å². The average Bonchev–Trinajstić information content (AvgIpc) is 2.54. The van der Waals surface area contributed by atoms with E-state index in [0.717, 1.165) is 35.2 Å². The van der Waals surface area contributed by atoms with Gasteiger partial charge in [0.15, 0.2) is 0 Å². The Morgan fingerprint density at radius 1 is 1.18 bits per heavy atom. The number of benzene rings is 2. The molecule has 3 atom stereocenters. The van der Waals surface area contributed by atoms with Crippen molar-refractivity contribution < 1.29 is 9.84 Å². The first kappa shape index (κ1) is 14.1. The highest BCUT2D eigenvalue weighted by Gasteiger charge is 2.39. The van der Waals surface area contributed by atoms with Gasteiger partial charge in [-0.05, 0) is 48.7 Å². The van der Waals surface area contributed by atoms with Gasteiger partial charge in [-0.1, -0.05) is 28.1 Å². The van der Waals surface area contributed by atoms with Crippen LogP contribution in [0.4, 0.5) is 5.69 Å². The lowest BCUT2D eigenvalue weighted by molar-refractivity contribution is -0.0381. The van der Waals surface area contributed by atoms with Crippen molar-refractivity contribution >= 4 is 21.6 Å². The van der Waals surface area contributed by atoms with Crippen molar-refractivity contribution in [1.82, 2.24) is 0 Å². The normalized spacial score (nSPS) is 26.7. The molecule has 4 rings (SSSR count). The lowest BCUT2D eigenvalue weighted by atomic mass is 9.77. The SMILES string of the molecule is Oc1cccc([C@H]2Nc3ccc(Br)cc3[C@H]3OCCC[C@@H]23)c1. The fraction of sp³-hybridized carbons (Fsp3) is 0.333. The van der Waals surface area contributed by atoms with Crippen molar-refractivity contribution in [3.05, 3.63) is 58.1 Å². The van der Waals surface area contributed by atoms with Crippen LogP contribution < -0.4 is 5.32 Å². The molecule has 2 aliphatic rings. The van der Waals surface area contributed by atoms with E-state index < -0.39 is 0 Å². The maximum Gasteiger partial charge on any atom is 0.115 e. The number of hydrogen-bond donors (Lipinski definition) is 2. The third kappa shape index (κ3) is 2.40. The molecule has 0 radical (unpaired) electrons. The minimum atomic E-state index is 0.120. The molecular formula is C18H18BrNO2. The van der Waals surface area contributed by atoms with E-state index in [1.807, 2.05) is 12.1 Å². The molecule has 2 aliphatic heterocycles.